The second-order valence-electron chi connectivity index (χ2n) is 6.78. The topological polar surface area (TPSA) is 179 Å². The molecule has 0 fully saturated rings. The summed E-state index contributed by atoms with van der Waals surface area (Å²) >= 11 is 0. The molecule has 1 aromatic carbocycles. The smallest absolute Gasteiger partial charge is 0.321 e. The first kappa shape index (κ1) is 25.8. The predicted molar refractivity (Wildman–Crippen MR) is 115 cm³/mol. The van der Waals surface area contributed by atoms with Gasteiger partial charge in [0, 0.05) is 19.2 Å². The van der Waals surface area contributed by atoms with Gasteiger partial charge in [-0.25, -0.2) is 8.42 Å². The third kappa shape index (κ3) is 8.17. The Kier molecular flexibility index (Phi) is 9.32. The van der Waals surface area contributed by atoms with Crippen molar-refractivity contribution in [2.75, 3.05) is 32.2 Å². The van der Waals surface area contributed by atoms with Crippen molar-refractivity contribution in [2.24, 2.45) is 0 Å². The molecule has 2 aromatic rings. The van der Waals surface area contributed by atoms with Crippen molar-refractivity contribution in [1.82, 2.24) is 10.0 Å². The normalized spacial score (nSPS) is 12.1. The summed E-state index contributed by atoms with van der Waals surface area (Å²) in [5, 5.41) is 16.7. The number of rotatable bonds is 13. The molecule has 14 heteroatoms. The van der Waals surface area contributed by atoms with Gasteiger partial charge in [0.15, 0.2) is 6.61 Å². The van der Waals surface area contributed by atoms with E-state index in [9.17, 15) is 28.1 Å². The number of benzene rings is 1. The Balaban J connectivity index is 1.95. The monoisotopic (exact) mass is 484 g/mol. The van der Waals surface area contributed by atoms with E-state index in [0.29, 0.717) is 5.76 Å². The fourth-order valence-corrected chi connectivity index (χ4v) is 3.61. The van der Waals surface area contributed by atoms with Gasteiger partial charge in [-0.1, -0.05) is 0 Å². The lowest BCUT2D eigenvalue weighted by atomic mass is 10.2. The maximum atomic E-state index is 12.5. The lowest BCUT2D eigenvalue weighted by Gasteiger charge is -2.13. The van der Waals surface area contributed by atoms with E-state index in [4.69, 9.17) is 13.9 Å². The molecule has 1 atom stereocenters. The van der Waals surface area contributed by atoms with Crippen LogP contribution in [0.2, 0.25) is 0 Å². The number of methoxy groups -OCH3 is 1. The van der Waals surface area contributed by atoms with Crippen LogP contribution < -0.4 is 15.4 Å². The molecule has 0 bridgehead atoms. The highest BCUT2D eigenvalue weighted by Crippen LogP contribution is 2.28. The van der Waals surface area contributed by atoms with Crippen LogP contribution in [0.15, 0.2) is 45.9 Å². The number of esters is 1. The minimum absolute atomic E-state index is 0.0865. The third-order valence-electron chi connectivity index (χ3n) is 4.10. The first-order valence-corrected chi connectivity index (χ1v) is 11.1. The molecule has 0 aliphatic rings. The number of nitrogens with one attached hydrogen (secondary N) is 3. The van der Waals surface area contributed by atoms with Gasteiger partial charge in [0.05, 0.1) is 29.2 Å². The molecule has 0 radical (unpaired) electrons. The number of carbonyl (C=O) groups excluding carboxylic acids is 2. The lowest BCUT2D eigenvalue weighted by molar-refractivity contribution is -0.384. The van der Waals surface area contributed by atoms with Crippen LogP contribution in [0.25, 0.3) is 0 Å². The second kappa shape index (κ2) is 11.9. The van der Waals surface area contributed by atoms with Crippen LogP contribution >= 0.6 is 0 Å². The van der Waals surface area contributed by atoms with Crippen molar-refractivity contribution in [3.05, 3.63) is 52.5 Å². The quantitative estimate of drug-likeness (QED) is 0.209. The molecule has 0 saturated carbocycles. The molecule has 1 unspecified atom stereocenters. The number of furan rings is 1. The predicted octanol–water partition coefficient (Wildman–Crippen LogP) is 0.773. The minimum atomic E-state index is -4.27. The van der Waals surface area contributed by atoms with Crippen LogP contribution in [0.5, 0.6) is 0 Å². The van der Waals surface area contributed by atoms with Crippen LogP contribution in [0.1, 0.15) is 12.7 Å². The maximum Gasteiger partial charge on any atom is 0.321 e. The van der Waals surface area contributed by atoms with Crippen LogP contribution in [0.3, 0.4) is 0 Å². The molecule has 180 valence electrons. The average Bonchev–Trinajstić information content (AvgIpc) is 3.28. The zero-order valence-electron chi connectivity index (χ0n) is 17.9. The number of nitro benzene ring substituents is 1. The van der Waals surface area contributed by atoms with Gasteiger partial charge >= 0.3 is 5.97 Å². The summed E-state index contributed by atoms with van der Waals surface area (Å²) in [4.78, 5) is 33.7. The molecule has 0 aliphatic carbocycles. The van der Waals surface area contributed by atoms with Gasteiger partial charge in [-0.15, -0.1) is 0 Å². The van der Waals surface area contributed by atoms with Crippen LogP contribution in [0.4, 0.5) is 11.4 Å². The molecule has 2 rings (SSSR count). The van der Waals surface area contributed by atoms with E-state index in [1.807, 2.05) is 4.72 Å². The Morgan fingerprint density at radius 1 is 1.27 bits per heavy atom. The molecule has 1 aromatic heterocycles. The van der Waals surface area contributed by atoms with Crippen molar-refractivity contribution in [1.29, 1.82) is 0 Å². The number of ether oxygens (including phenoxy) is 2. The SMILES string of the molecule is COCC(C)NC(=O)COC(=O)CNS(=O)(=O)c1ccc(NCc2ccco2)c([N+](=O)[O-])c1. The van der Waals surface area contributed by atoms with E-state index in [-0.39, 0.29) is 24.9 Å². The van der Waals surface area contributed by atoms with Crippen molar-refractivity contribution < 1.29 is 36.8 Å². The minimum Gasteiger partial charge on any atom is -0.467 e. The number of anilines is 1. The van der Waals surface area contributed by atoms with Crippen molar-refractivity contribution in [3.8, 4) is 0 Å². The highest BCUT2D eigenvalue weighted by atomic mass is 32.2. The third-order valence-corrected chi connectivity index (χ3v) is 5.50. The number of hydrogen-bond donors (Lipinski definition) is 3. The Morgan fingerprint density at radius 2 is 2.03 bits per heavy atom. The number of sulfonamides is 1. The van der Waals surface area contributed by atoms with E-state index in [0.717, 1.165) is 12.1 Å². The van der Waals surface area contributed by atoms with Crippen molar-refractivity contribution >= 4 is 33.3 Å². The van der Waals surface area contributed by atoms with Gasteiger partial charge in [-0.3, -0.25) is 19.7 Å². The Labute approximate surface area is 189 Å². The van der Waals surface area contributed by atoms with Crippen LogP contribution in [-0.2, 0) is 35.6 Å². The standard InChI is InChI=1S/C19H24N4O9S/c1-13(11-30-2)22-18(24)12-32-19(25)10-21-33(28,29)15-5-6-16(17(8-15)23(26)27)20-9-14-4-3-7-31-14/h3-8,13,20-21H,9-12H2,1-2H3,(H,22,24). The molecule has 0 spiro atoms. The number of hydrogen-bond acceptors (Lipinski definition) is 10. The van der Waals surface area contributed by atoms with E-state index in [1.165, 1.54) is 19.4 Å². The molecule has 0 aliphatic heterocycles. The lowest BCUT2D eigenvalue weighted by Crippen LogP contribution is -2.39. The van der Waals surface area contributed by atoms with E-state index < -0.39 is 50.6 Å². The number of nitrogens with zero attached hydrogens (tertiary/aromatic N) is 1. The zero-order chi connectivity index (χ0) is 24.4. The molecule has 33 heavy (non-hydrogen) atoms. The average molecular weight is 484 g/mol. The highest BCUT2D eigenvalue weighted by Gasteiger charge is 2.22. The zero-order valence-corrected chi connectivity index (χ0v) is 18.7. The molecular formula is C19H24N4O9S. The summed E-state index contributed by atoms with van der Waals surface area (Å²) in [6, 6.07) is 6.28. The van der Waals surface area contributed by atoms with Gasteiger partial charge in [-0.2, -0.15) is 4.72 Å². The van der Waals surface area contributed by atoms with Gasteiger partial charge in [-0.05, 0) is 31.2 Å². The van der Waals surface area contributed by atoms with E-state index >= 15 is 0 Å². The van der Waals surface area contributed by atoms with E-state index in [1.54, 1.807) is 19.1 Å². The summed E-state index contributed by atoms with van der Waals surface area (Å²) in [5.41, 5.74) is -0.391. The molecular weight excluding hydrogens is 460 g/mol. The van der Waals surface area contributed by atoms with Crippen molar-refractivity contribution in [2.45, 2.75) is 24.4 Å². The van der Waals surface area contributed by atoms with Crippen LogP contribution in [-0.4, -0.2) is 58.1 Å². The number of amides is 1. The summed E-state index contributed by atoms with van der Waals surface area (Å²) in [6.45, 7) is 0.741. The number of nitro groups is 1. The Hall–Kier alpha value is -3.49. The van der Waals surface area contributed by atoms with Crippen LogP contribution in [0, 0.1) is 10.1 Å². The summed E-state index contributed by atoms with van der Waals surface area (Å²) in [7, 11) is -2.80. The van der Waals surface area contributed by atoms with Gasteiger partial charge in [0.25, 0.3) is 11.6 Å². The van der Waals surface area contributed by atoms with Crippen molar-refractivity contribution in [3.63, 3.8) is 0 Å². The van der Waals surface area contributed by atoms with E-state index in [2.05, 4.69) is 10.6 Å². The summed E-state index contributed by atoms with van der Waals surface area (Å²) in [6.07, 6.45) is 1.45. The molecule has 3 N–H and O–H groups in total. The Morgan fingerprint density at radius 3 is 2.67 bits per heavy atom. The second-order valence-corrected chi connectivity index (χ2v) is 8.55. The first-order chi connectivity index (χ1) is 15.6. The highest BCUT2D eigenvalue weighted by molar-refractivity contribution is 7.89. The van der Waals surface area contributed by atoms with Gasteiger partial charge < -0.3 is 24.5 Å². The summed E-state index contributed by atoms with van der Waals surface area (Å²) in [5.74, 6) is -1.05. The largest absolute Gasteiger partial charge is 0.467 e. The molecule has 0 saturated heterocycles. The molecule has 13 nitrogen and oxygen atoms in total. The summed E-state index contributed by atoms with van der Waals surface area (Å²) < 4.78 is 41.6. The first-order valence-electron chi connectivity index (χ1n) is 9.60. The fraction of sp³-hybridized carbons (Fsp3) is 0.368. The fourth-order valence-electron chi connectivity index (χ4n) is 2.62. The number of carbonyl (C=O) groups is 2. The molecule has 1 heterocycles. The maximum absolute atomic E-state index is 12.5. The molecule has 1 amide bonds. The van der Waals surface area contributed by atoms with Gasteiger partial charge in [0.2, 0.25) is 10.0 Å². The van der Waals surface area contributed by atoms with Gasteiger partial charge in [0.1, 0.15) is 18.0 Å². The Bertz CT molecular complexity index is 1070.